The summed E-state index contributed by atoms with van der Waals surface area (Å²) in [7, 11) is 0. The second kappa shape index (κ2) is 5.83. The van der Waals surface area contributed by atoms with Crippen molar-refractivity contribution >= 4 is 29.2 Å². The van der Waals surface area contributed by atoms with E-state index in [4.69, 9.17) is 11.6 Å². The first-order chi connectivity index (χ1) is 9.74. The van der Waals surface area contributed by atoms with Gasteiger partial charge in [0.15, 0.2) is 0 Å². The predicted octanol–water partition coefficient (Wildman–Crippen LogP) is 3.55. The first kappa shape index (κ1) is 13.4. The van der Waals surface area contributed by atoms with E-state index in [0.717, 1.165) is 24.6 Å². The fourth-order valence-electron chi connectivity index (χ4n) is 2.74. The van der Waals surface area contributed by atoms with Crippen LogP contribution in [0.5, 0.6) is 0 Å². The van der Waals surface area contributed by atoms with Crippen molar-refractivity contribution in [1.29, 1.82) is 0 Å². The molecule has 2 aliphatic heterocycles. The Morgan fingerprint density at radius 3 is 2.30 bits per heavy atom. The van der Waals surface area contributed by atoms with Gasteiger partial charge >= 0.3 is 6.03 Å². The van der Waals surface area contributed by atoms with Gasteiger partial charge in [0.2, 0.25) is 0 Å². The second-order valence-electron chi connectivity index (χ2n) is 5.27. The number of likely N-dealkylation sites (tertiary alicyclic amines) is 1. The number of hydrogen-bond acceptors (Lipinski definition) is 2. The van der Waals surface area contributed by atoms with Gasteiger partial charge in [-0.15, -0.1) is 0 Å². The normalized spacial score (nSPS) is 20.1. The molecule has 4 nitrogen and oxygen atoms in total. The smallest absolute Gasteiger partial charge is 0.350 e. The number of carbonyl (C=O) groups is 1. The highest BCUT2D eigenvalue weighted by Gasteiger charge is 2.28. The molecule has 0 unspecified atom stereocenters. The van der Waals surface area contributed by atoms with Crippen molar-refractivity contribution in [3.05, 3.63) is 29.3 Å². The third-order valence-corrected chi connectivity index (χ3v) is 4.12. The Kier molecular flexibility index (Phi) is 3.92. The van der Waals surface area contributed by atoms with Crippen molar-refractivity contribution in [1.82, 2.24) is 4.90 Å². The Labute approximate surface area is 124 Å². The molecule has 1 fully saturated rings. The van der Waals surface area contributed by atoms with Crippen LogP contribution in [-0.4, -0.2) is 36.4 Å². The average molecular weight is 292 g/mol. The molecule has 0 atom stereocenters. The monoisotopic (exact) mass is 291 g/mol. The van der Waals surface area contributed by atoms with Crippen LogP contribution in [0.2, 0.25) is 5.02 Å². The molecule has 0 bridgehead atoms. The fraction of sp³-hybridized carbons (Fsp3) is 0.467. The third-order valence-electron chi connectivity index (χ3n) is 3.86. The number of carbonyl (C=O) groups excluding carboxylic acids is 1. The minimum atomic E-state index is -0.174. The third kappa shape index (κ3) is 2.80. The first-order valence-electron chi connectivity index (χ1n) is 7.13. The molecular formula is C15H18ClN3O. The van der Waals surface area contributed by atoms with Gasteiger partial charge in [0.05, 0.1) is 6.54 Å². The van der Waals surface area contributed by atoms with E-state index in [1.165, 1.54) is 25.7 Å². The zero-order valence-corrected chi connectivity index (χ0v) is 12.1. The van der Waals surface area contributed by atoms with E-state index in [1.54, 1.807) is 17.0 Å². The van der Waals surface area contributed by atoms with Crippen molar-refractivity contribution in [2.24, 2.45) is 4.99 Å². The Morgan fingerprint density at radius 2 is 1.65 bits per heavy atom. The summed E-state index contributed by atoms with van der Waals surface area (Å²) in [5.41, 5.74) is 0.855. The number of amides is 2. The van der Waals surface area contributed by atoms with Gasteiger partial charge < -0.3 is 4.90 Å². The van der Waals surface area contributed by atoms with Crippen LogP contribution in [0.25, 0.3) is 0 Å². The lowest BCUT2D eigenvalue weighted by molar-refractivity contribution is 0.256. The Balaban J connectivity index is 1.73. The molecule has 2 amide bonds. The molecule has 1 aromatic rings. The van der Waals surface area contributed by atoms with Crippen LogP contribution in [0.3, 0.4) is 0 Å². The molecular weight excluding hydrogens is 274 g/mol. The molecule has 5 heteroatoms. The van der Waals surface area contributed by atoms with E-state index in [9.17, 15) is 4.79 Å². The second-order valence-corrected chi connectivity index (χ2v) is 5.71. The summed E-state index contributed by atoms with van der Waals surface area (Å²) in [6, 6.07) is 7.15. The molecule has 0 N–H and O–H groups in total. The number of benzene rings is 1. The lowest BCUT2D eigenvalue weighted by atomic mass is 10.2. The zero-order chi connectivity index (χ0) is 13.9. The highest BCUT2D eigenvalue weighted by molar-refractivity contribution is 6.30. The van der Waals surface area contributed by atoms with Crippen LogP contribution in [0.1, 0.15) is 25.7 Å². The molecule has 3 rings (SSSR count). The summed E-state index contributed by atoms with van der Waals surface area (Å²) in [6.07, 6.45) is 4.93. The number of aliphatic imine (C=N–C) groups is 1. The topological polar surface area (TPSA) is 35.9 Å². The number of urea groups is 1. The molecule has 0 aromatic heterocycles. The van der Waals surface area contributed by atoms with Gasteiger partial charge in [-0.2, -0.15) is 4.99 Å². The molecule has 0 saturated carbocycles. The standard InChI is InChI=1S/C15H18ClN3O/c16-12-5-7-13(8-6-12)19-11-14(17-15(19)20)18-9-3-1-2-4-10-18/h5-8H,1-4,9-11H2. The summed E-state index contributed by atoms with van der Waals surface area (Å²) < 4.78 is 0. The quantitative estimate of drug-likeness (QED) is 0.793. The van der Waals surface area contributed by atoms with Crippen LogP contribution in [0.15, 0.2) is 29.3 Å². The van der Waals surface area contributed by atoms with E-state index in [2.05, 4.69) is 9.89 Å². The summed E-state index contributed by atoms with van der Waals surface area (Å²) in [6.45, 7) is 2.60. The average Bonchev–Trinajstić information content (AvgIpc) is 2.66. The maximum absolute atomic E-state index is 12.1. The van der Waals surface area contributed by atoms with Crippen molar-refractivity contribution in [2.45, 2.75) is 25.7 Å². The summed E-state index contributed by atoms with van der Waals surface area (Å²) in [5, 5.41) is 0.675. The Morgan fingerprint density at radius 1 is 1.00 bits per heavy atom. The van der Waals surface area contributed by atoms with Crippen LogP contribution in [0.4, 0.5) is 10.5 Å². The van der Waals surface area contributed by atoms with Crippen molar-refractivity contribution in [2.75, 3.05) is 24.5 Å². The number of rotatable bonds is 1. The highest BCUT2D eigenvalue weighted by Crippen LogP contribution is 2.22. The van der Waals surface area contributed by atoms with Crippen molar-refractivity contribution in [3.8, 4) is 0 Å². The van der Waals surface area contributed by atoms with E-state index in [-0.39, 0.29) is 6.03 Å². The predicted molar refractivity (Wildman–Crippen MR) is 81.7 cm³/mol. The molecule has 0 radical (unpaired) electrons. The van der Waals surface area contributed by atoms with Gasteiger partial charge in [-0.05, 0) is 37.1 Å². The number of anilines is 1. The molecule has 1 aromatic carbocycles. The van der Waals surface area contributed by atoms with E-state index in [0.29, 0.717) is 11.6 Å². The number of amidine groups is 1. The fourth-order valence-corrected chi connectivity index (χ4v) is 2.86. The van der Waals surface area contributed by atoms with Crippen LogP contribution < -0.4 is 4.90 Å². The lowest BCUT2D eigenvalue weighted by Crippen LogP contribution is -2.36. The summed E-state index contributed by atoms with van der Waals surface area (Å²) in [4.78, 5) is 20.3. The van der Waals surface area contributed by atoms with Gasteiger partial charge in [0.25, 0.3) is 0 Å². The SMILES string of the molecule is O=C1N=C(N2CCCCCC2)CN1c1ccc(Cl)cc1. The lowest BCUT2D eigenvalue weighted by Gasteiger charge is -2.23. The maximum Gasteiger partial charge on any atom is 0.350 e. The zero-order valence-electron chi connectivity index (χ0n) is 11.4. The van der Waals surface area contributed by atoms with Gasteiger partial charge in [-0.1, -0.05) is 24.4 Å². The molecule has 2 heterocycles. The molecule has 0 aliphatic carbocycles. The summed E-state index contributed by atoms with van der Waals surface area (Å²) >= 11 is 5.88. The van der Waals surface area contributed by atoms with Crippen LogP contribution in [0, 0.1) is 0 Å². The molecule has 1 saturated heterocycles. The molecule has 20 heavy (non-hydrogen) atoms. The Hall–Kier alpha value is -1.55. The van der Waals surface area contributed by atoms with Gasteiger partial charge in [0.1, 0.15) is 5.84 Å². The van der Waals surface area contributed by atoms with Gasteiger partial charge in [-0.25, -0.2) is 4.79 Å². The number of nitrogens with zero attached hydrogens (tertiary/aromatic N) is 3. The van der Waals surface area contributed by atoms with E-state index in [1.807, 2.05) is 12.1 Å². The summed E-state index contributed by atoms with van der Waals surface area (Å²) in [5.74, 6) is 0.909. The number of halogens is 1. The van der Waals surface area contributed by atoms with Crippen molar-refractivity contribution < 1.29 is 4.79 Å². The van der Waals surface area contributed by atoms with Gasteiger partial charge in [0, 0.05) is 23.8 Å². The maximum atomic E-state index is 12.1. The van der Waals surface area contributed by atoms with E-state index >= 15 is 0 Å². The largest absolute Gasteiger partial charge is 0.358 e. The van der Waals surface area contributed by atoms with Gasteiger partial charge in [-0.3, -0.25) is 4.90 Å². The minimum absolute atomic E-state index is 0.174. The molecule has 0 spiro atoms. The first-order valence-corrected chi connectivity index (χ1v) is 7.51. The molecule has 106 valence electrons. The van der Waals surface area contributed by atoms with Crippen molar-refractivity contribution in [3.63, 3.8) is 0 Å². The Bertz CT molecular complexity index is 518. The molecule has 2 aliphatic rings. The van der Waals surface area contributed by atoms with Crippen LogP contribution >= 0.6 is 11.6 Å². The number of hydrogen-bond donors (Lipinski definition) is 0. The van der Waals surface area contributed by atoms with Crippen LogP contribution in [-0.2, 0) is 0 Å². The van der Waals surface area contributed by atoms with E-state index < -0.39 is 0 Å². The minimum Gasteiger partial charge on any atom is -0.358 e. The highest BCUT2D eigenvalue weighted by atomic mass is 35.5.